The van der Waals surface area contributed by atoms with Gasteiger partial charge in [-0.2, -0.15) is 0 Å². The van der Waals surface area contributed by atoms with Gasteiger partial charge in [0, 0.05) is 6.42 Å². The van der Waals surface area contributed by atoms with Gasteiger partial charge in [0.15, 0.2) is 0 Å². The Kier molecular flexibility index (Phi) is 5.54. The maximum Gasteiger partial charge on any atom is 0.271 e. The third kappa shape index (κ3) is 3.80. The van der Waals surface area contributed by atoms with E-state index in [4.69, 9.17) is 0 Å². The van der Waals surface area contributed by atoms with Crippen LogP contribution in [0.25, 0.3) is 0 Å². The van der Waals surface area contributed by atoms with Crippen molar-refractivity contribution >= 4 is 33.9 Å². The highest BCUT2D eigenvalue weighted by atomic mass is 32.1. The number of carbonyl (C=O) groups excluding carboxylic acids is 1. The molecule has 0 aliphatic carbocycles. The maximum absolute atomic E-state index is 12.2. The molecule has 20 heavy (non-hydrogen) atoms. The van der Waals surface area contributed by atoms with Gasteiger partial charge in [-0.1, -0.05) is 42.5 Å². The first-order chi connectivity index (χ1) is 9.74. The SMILES string of the molecule is CCCCc1nnc(NC(=O)c2snnc2CCC)s1. The summed E-state index contributed by atoms with van der Waals surface area (Å²) in [5.41, 5.74) is 0.755. The molecule has 0 saturated heterocycles. The molecular formula is C12H17N5OS2. The maximum atomic E-state index is 12.2. The molecule has 2 aromatic heterocycles. The van der Waals surface area contributed by atoms with E-state index in [9.17, 15) is 4.79 Å². The van der Waals surface area contributed by atoms with E-state index in [-0.39, 0.29) is 5.91 Å². The lowest BCUT2D eigenvalue weighted by Gasteiger charge is -1.99. The lowest BCUT2D eigenvalue weighted by Crippen LogP contribution is -2.12. The van der Waals surface area contributed by atoms with Crippen LogP contribution < -0.4 is 5.32 Å². The van der Waals surface area contributed by atoms with Crippen LogP contribution in [0.2, 0.25) is 0 Å². The molecule has 0 aliphatic heterocycles. The monoisotopic (exact) mass is 311 g/mol. The van der Waals surface area contributed by atoms with Crippen molar-refractivity contribution in [3.8, 4) is 0 Å². The van der Waals surface area contributed by atoms with Gasteiger partial charge in [-0.25, -0.2) is 0 Å². The van der Waals surface area contributed by atoms with Crippen LogP contribution in [0.3, 0.4) is 0 Å². The van der Waals surface area contributed by atoms with Crippen molar-refractivity contribution in [3.05, 3.63) is 15.6 Å². The predicted molar refractivity (Wildman–Crippen MR) is 80.4 cm³/mol. The zero-order chi connectivity index (χ0) is 14.4. The van der Waals surface area contributed by atoms with Crippen molar-refractivity contribution in [1.29, 1.82) is 0 Å². The number of unbranched alkanes of at least 4 members (excludes halogenated alkanes) is 1. The van der Waals surface area contributed by atoms with E-state index in [1.54, 1.807) is 0 Å². The second-order valence-corrected chi connectivity index (χ2v) is 6.17. The zero-order valence-electron chi connectivity index (χ0n) is 11.5. The largest absolute Gasteiger partial charge is 0.296 e. The predicted octanol–water partition coefficient (Wildman–Crippen LogP) is 2.94. The third-order valence-electron chi connectivity index (χ3n) is 2.68. The fourth-order valence-corrected chi connectivity index (χ4v) is 3.05. The van der Waals surface area contributed by atoms with E-state index in [1.165, 1.54) is 11.3 Å². The molecule has 2 heterocycles. The molecule has 0 atom stereocenters. The first-order valence-corrected chi connectivity index (χ1v) is 8.28. The summed E-state index contributed by atoms with van der Waals surface area (Å²) in [6, 6.07) is 0. The summed E-state index contributed by atoms with van der Waals surface area (Å²) >= 11 is 2.55. The molecule has 0 aromatic carbocycles. The van der Waals surface area contributed by atoms with Gasteiger partial charge < -0.3 is 0 Å². The van der Waals surface area contributed by atoms with Crippen LogP contribution in [0.15, 0.2) is 0 Å². The van der Waals surface area contributed by atoms with Crippen LogP contribution in [0.4, 0.5) is 5.13 Å². The molecule has 2 aromatic rings. The van der Waals surface area contributed by atoms with Crippen molar-refractivity contribution in [3.63, 3.8) is 0 Å². The summed E-state index contributed by atoms with van der Waals surface area (Å²) < 4.78 is 3.85. The minimum absolute atomic E-state index is 0.193. The first-order valence-electron chi connectivity index (χ1n) is 6.69. The summed E-state index contributed by atoms with van der Waals surface area (Å²) in [6.07, 6.45) is 4.81. The van der Waals surface area contributed by atoms with Crippen LogP contribution in [-0.4, -0.2) is 25.7 Å². The van der Waals surface area contributed by atoms with Gasteiger partial charge in [0.2, 0.25) is 5.13 Å². The zero-order valence-corrected chi connectivity index (χ0v) is 13.2. The molecule has 0 saturated carbocycles. The van der Waals surface area contributed by atoms with Crippen molar-refractivity contribution in [2.75, 3.05) is 5.32 Å². The molecule has 1 N–H and O–H groups in total. The summed E-state index contributed by atoms with van der Waals surface area (Å²) in [7, 11) is 0. The van der Waals surface area contributed by atoms with Crippen LogP contribution in [0.1, 0.15) is 53.5 Å². The van der Waals surface area contributed by atoms with Gasteiger partial charge in [0.1, 0.15) is 9.88 Å². The van der Waals surface area contributed by atoms with E-state index in [0.717, 1.165) is 54.3 Å². The highest BCUT2D eigenvalue weighted by Crippen LogP contribution is 2.20. The summed E-state index contributed by atoms with van der Waals surface area (Å²) in [5.74, 6) is -0.193. The molecule has 6 nitrogen and oxygen atoms in total. The lowest BCUT2D eigenvalue weighted by molar-refractivity contribution is 0.102. The Morgan fingerprint density at radius 1 is 1.15 bits per heavy atom. The Balaban J connectivity index is 2.00. The van der Waals surface area contributed by atoms with Gasteiger partial charge in [-0.3, -0.25) is 10.1 Å². The topological polar surface area (TPSA) is 80.7 Å². The Morgan fingerprint density at radius 2 is 2.00 bits per heavy atom. The number of aromatic nitrogens is 4. The van der Waals surface area contributed by atoms with E-state index in [1.807, 2.05) is 6.92 Å². The summed E-state index contributed by atoms with van der Waals surface area (Å²) in [6.45, 7) is 4.18. The van der Waals surface area contributed by atoms with E-state index in [2.05, 4.69) is 32.0 Å². The van der Waals surface area contributed by atoms with Gasteiger partial charge in [0.25, 0.3) is 5.91 Å². The number of rotatable bonds is 7. The Morgan fingerprint density at radius 3 is 2.75 bits per heavy atom. The van der Waals surface area contributed by atoms with E-state index >= 15 is 0 Å². The number of carbonyl (C=O) groups is 1. The van der Waals surface area contributed by atoms with Crippen LogP contribution in [-0.2, 0) is 12.8 Å². The molecule has 0 fully saturated rings. The average molecular weight is 311 g/mol. The Labute approximate surface area is 125 Å². The van der Waals surface area contributed by atoms with Crippen molar-refractivity contribution in [2.45, 2.75) is 46.0 Å². The number of hydrogen-bond acceptors (Lipinski definition) is 7. The number of hydrogen-bond donors (Lipinski definition) is 1. The van der Waals surface area contributed by atoms with Gasteiger partial charge in [0.05, 0.1) is 5.69 Å². The van der Waals surface area contributed by atoms with Crippen LogP contribution >= 0.6 is 22.9 Å². The molecule has 0 radical (unpaired) electrons. The smallest absolute Gasteiger partial charge is 0.271 e. The summed E-state index contributed by atoms with van der Waals surface area (Å²) in [5, 5.41) is 16.3. The fourth-order valence-electron chi connectivity index (χ4n) is 1.67. The Hall–Kier alpha value is -1.41. The average Bonchev–Trinajstić information content (AvgIpc) is 3.06. The summed E-state index contributed by atoms with van der Waals surface area (Å²) in [4.78, 5) is 12.7. The highest BCUT2D eigenvalue weighted by molar-refractivity contribution is 7.15. The number of nitrogens with one attached hydrogen (secondary N) is 1. The standard InChI is InChI=1S/C12H17N5OS2/c1-3-5-7-9-15-16-12(19-9)13-11(18)10-8(6-4-2)14-17-20-10/h3-7H2,1-2H3,(H,13,16,18). The minimum Gasteiger partial charge on any atom is -0.296 e. The van der Waals surface area contributed by atoms with Crippen molar-refractivity contribution in [2.24, 2.45) is 0 Å². The fraction of sp³-hybridized carbons (Fsp3) is 0.583. The van der Waals surface area contributed by atoms with Gasteiger partial charge in [-0.05, 0) is 24.4 Å². The molecule has 1 amide bonds. The Bertz CT molecular complexity index is 566. The third-order valence-corrected chi connectivity index (χ3v) is 4.35. The number of anilines is 1. The molecule has 108 valence electrons. The molecule has 0 bridgehead atoms. The van der Waals surface area contributed by atoms with Gasteiger partial charge in [-0.15, -0.1) is 15.3 Å². The van der Waals surface area contributed by atoms with E-state index in [0.29, 0.717) is 10.0 Å². The van der Waals surface area contributed by atoms with Crippen LogP contribution in [0.5, 0.6) is 0 Å². The molecule has 0 aliphatic rings. The molecular weight excluding hydrogens is 294 g/mol. The van der Waals surface area contributed by atoms with Gasteiger partial charge >= 0.3 is 0 Å². The highest BCUT2D eigenvalue weighted by Gasteiger charge is 2.17. The second-order valence-electron chi connectivity index (χ2n) is 4.36. The van der Waals surface area contributed by atoms with Crippen molar-refractivity contribution < 1.29 is 4.79 Å². The quantitative estimate of drug-likeness (QED) is 0.850. The van der Waals surface area contributed by atoms with Crippen molar-refractivity contribution in [1.82, 2.24) is 19.8 Å². The normalized spacial score (nSPS) is 10.7. The number of aryl methyl sites for hydroxylation is 2. The molecule has 0 unspecified atom stereocenters. The molecule has 8 heteroatoms. The lowest BCUT2D eigenvalue weighted by atomic mass is 10.2. The molecule has 2 rings (SSSR count). The number of amides is 1. The first kappa shape index (κ1) is 15.0. The minimum atomic E-state index is -0.193. The second kappa shape index (κ2) is 7.39. The molecule has 0 spiro atoms. The van der Waals surface area contributed by atoms with Crippen LogP contribution in [0, 0.1) is 0 Å². The van der Waals surface area contributed by atoms with E-state index < -0.39 is 0 Å². The number of nitrogens with zero attached hydrogens (tertiary/aromatic N) is 4.